The lowest BCUT2D eigenvalue weighted by Crippen LogP contribution is -2.42. The SMILES string of the molecule is NCCCNc1cccc(OCC(=O)N2CCOCC2)c1. The lowest BCUT2D eigenvalue weighted by Gasteiger charge is -2.26. The van der Waals surface area contributed by atoms with Crippen molar-refractivity contribution in [1.82, 2.24) is 4.90 Å². The predicted octanol–water partition coefficient (Wildman–Crippen LogP) is 0.685. The van der Waals surface area contributed by atoms with Crippen molar-refractivity contribution >= 4 is 11.6 Å². The number of nitrogens with one attached hydrogen (secondary N) is 1. The van der Waals surface area contributed by atoms with E-state index < -0.39 is 0 Å². The van der Waals surface area contributed by atoms with Crippen molar-refractivity contribution in [3.63, 3.8) is 0 Å². The molecule has 0 aliphatic carbocycles. The molecule has 1 heterocycles. The van der Waals surface area contributed by atoms with Crippen LogP contribution in [0.1, 0.15) is 6.42 Å². The van der Waals surface area contributed by atoms with Crippen LogP contribution in [0, 0.1) is 0 Å². The third-order valence-corrected chi connectivity index (χ3v) is 3.27. The van der Waals surface area contributed by atoms with Gasteiger partial charge in [0, 0.05) is 31.4 Å². The molecule has 1 aromatic rings. The molecule has 0 atom stereocenters. The van der Waals surface area contributed by atoms with E-state index in [1.54, 1.807) is 4.90 Å². The Hall–Kier alpha value is -1.79. The van der Waals surface area contributed by atoms with E-state index in [2.05, 4.69) is 5.32 Å². The summed E-state index contributed by atoms with van der Waals surface area (Å²) in [5.41, 5.74) is 6.43. The van der Waals surface area contributed by atoms with Crippen LogP contribution in [-0.2, 0) is 9.53 Å². The number of anilines is 1. The molecule has 0 aromatic heterocycles. The summed E-state index contributed by atoms with van der Waals surface area (Å²) in [6.45, 7) is 4.04. The minimum Gasteiger partial charge on any atom is -0.484 e. The highest BCUT2D eigenvalue weighted by atomic mass is 16.5. The Morgan fingerprint density at radius 1 is 1.38 bits per heavy atom. The summed E-state index contributed by atoms with van der Waals surface area (Å²) < 4.78 is 10.8. The van der Waals surface area contributed by atoms with E-state index in [-0.39, 0.29) is 12.5 Å². The molecule has 1 aromatic carbocycles. The summed E-state index contributed by atoms with van der Waals surface area (Å²) in [5, 5.41) is 3.27. The highest BCUT2D eigenvalue weighted by molar-refractivity contribution is 5.77. The molecule has 116 valence electrons. The van der Waals surface area contributed by atoms with E-state index in [1.807, 2.05) is 24.3 Å². The van der Waals surface area contributed by atoms with Crippen LogP contribution in [0.3, 0.4) is 0 Å². The molecule has 0 spiro atoms. The van der Waals surface area contributed by atoms with Crippen LogP contribution in [0.5, 0.6) is 5.75 Å². The molecule has 0 unspecified atom stereocenters. The van der Waals surface area contributed by atoms with E-state index >= 15 is 0 Å². The summed E-state index contributed by atoms with van der Waals surface area (Å²) in [7, 11) is 0. The zero-order chi connectivity index (χ0) is 14.9. The van der Waals surface area contributed by atoms with Crippen molar-refractivity contribution in [2.75, 3.05) is 51.3 Å². The van der Waals surface area contributed by atoms with E-state index in [4.69, 9.17) is 15.2 Å². The van der Waals surface area contributed by atoms with Crippen LogP contribution in [0.15, 0.2) is 24.3 Å². The Labute approximate surface area is 125 Å². The quantitative estimate of drug-likeness (QED) is 0.723. The summed E-state index contributed by atoms with van der Waals surface area (Å²) in [6.07, 6.45) is 0.917. The van der Waals surface area contributed by atoms with Gasteiger partial charge in [-0.1, -0.05) is 6.07 Å². The Balaban J connectivity index is 1.79. The number of hydrogen-bond donors (Lipinski definition) is 2. The van der Waals surface area contributed by atoms with Crippen LogP contribution in [0.25, 0.3) is 0 Å². The van der Waals surface area contributed by atoms with E-state index in [0.717, 1.165) is 18.7 Å². The highest BCUT2D eigenvalue weighted by Gasteiger charge is 2.17. The van der Waals surface area contributed by atoms with Crippen LogP contribution in [0.4, 0.5) is 5.69 Å². The van der Waals surface area contributed by atoms with Gasteiger partial charge in [-0.15, -0.1) is 0 Å². The number of benzene rings is 1. The van der Waals surface area contributed by atoms with E-state index in [9.17, 15) is 4.79 Å². The van der Waals surface area contributed by atoms with Crippen LogP contribution in [0.2, 0.25) is 0 Å². The molecule has 3 N–H and O–H groups in total. The fourth-order valence-corrected chi connectivity index (χ4v) is 2.08. The number of morpholine rings is 1. The molecule has 1 saturated heterocycles. The molecule has 0 bridgehead atoms. The van der Waals surface area contributed by atoms with Crippen LogP contribution < -0.4 is 15.8 Å². The molecule has 1 aliphatic rings. The fraction of sp³-hybridized carbons (Fsp3) is 0.533. The van der Waals surface area contributed by atoms with Crippen molar-refractivity contribution in [3.05, 3.63) is 24.3 Å². The Bertz CT molecular complexity index is 448. The monoisotopic (exact) mass is 293 g/mol. The maximum Gasteiger partial charge on any atom is 0.260 e. The lowest BCUT2D eigenvalue weighted by atomic mass is 10.3. The Morgan fingerprint density at radius 2 is 2.19 bits per heavy atom. The second kappa shape index (κ2) is 8.49. The van der Waals surface area contributed by atoms with E-state index in [1.165, 1.54) is 0 Å². The third kappa shape index (κ3) is 5.24. The van der Waals surface area contributed by atoms with Gasteiger partial charge in [-0.2, -0.15) is 0 Å². The molecule has 1 amide bonds. The van der Waals surface area contributed by atoms with E-state index in [0.29, 0.717) is 38.6 Å². The number of carbonyl (C=O) groups excluding carboxylic acids is 1. The van der Waals surface area contributed by atoms with Gasteiger partial charge in [0.2, 0.25) is 0 Å². The molecular weight excluding hydrogens is 270 g/mol. The largest absolute Gasteiger partial charge is 0.484 e. The summed E-state index contributed by atoms with van der Waals surface area (Å²) in [5.74, 6) is 0.689. The number of nitrogens with zero attached hydrogens (tertiary/aromatic N) is 1. The van der Waals surface area contributed by atoms with Crippen LogP contribution >= 0.6 is 0 Å². The average Bonchev–Trinajstić information content (AvgIpc) is 2.54. The van der Waals surface area contributed by atoms with Crippen molar-refractivity contribution in [2.45, 2.75) is 6.42 Å². The van der Waals surface area contributed by atoms with Gasteiger partial charge < -0.3 is 25.4 Å². The summed E-state index contributed by atoms with van der Waals surface area (Å²) in [4.78, 5) is 13.8. The first-order valence-electron chi connectivity index (χ1n) is 7.32. The number of rotatable bonds is 7. The smallest absolute Gasteiger partial charge is 0.260 e. The topological polar surface area (TPSA) is 76.8 Å². The molecule has 1 fully saturated rings. The van der Waals surface area contributed by atoms with Crippen molar-refractivity contribution < 1.29 is 14.3 Å². The number of carbonyl (C=O) groups is 1. The number of amides is 1. The molecule has 1 aliphatic heterocycles. The number of nitrogens with two attached hydrogens (primary N) is 1. The summed E-state index contributed by atoms with van der Waals surface area (Å²) in [6, 6.07) is 7.61. The Kier molecular flexibility index (Phi) is 6.30. The molecule has 0 saturated carbocycles. The van der Waals surface area contributed by atoms with Crippen molar-refractivity contribution in [3.8, 4) is 5.75 Å². The zero-order valence-corrected chi connectivity index (χ0v) is 12.2. The van der Waals surface area contributed by atoms with Gasteiger partial charge in [0.15, 0.2) is 6.61 Å². The number of ether oxygens (including phenoxy) is 2. The van der Waals surface area contributed by atoms with Gasteiger partial charge in [-0.25, -0.2) is 0 Å². The first-order valence-corrected chi connectivity index (χ1v) is 7.32. The first kappa shape index (κ1) is 15.6. The van der Waals surface area contributed by atoms with Gasteiger partial charge in [0.05, 0.1) is 13.2 Å². The van der Waals surface area contributed by atoms with Gasteiger partial charge in [-0.3, -0.25) is 4.79 Å². The molecule has 6 nitrogen and oxygen atoms in total. The van der Waals surface area contributed by atoms with Crippen molar-refractivity contribution in [2.24, 2.45) is 5.73 Å². The van der Waals surface area contributed by atoms with Gasteiger partial charge in [0.25, 0.3) is 5.91 Å². The molecule has 21 heavy (non-hydrogen) atoms. The summed E-state index contributed by atoms with van der Waals surface area (Å²) >= 11 is 0. The van der Waals surface area contributed by atoms with Gasteiger partial charge in [-0.05, 0) is 25.1 Å². The average molecular weight is 293 g/mol. The van der Waals surface area contributed by atoms with Gasteiger partial charge >= 0.3 is 0 Å². The third-order valence-electron chi connectivity index (χ3n) is 3.27. The minimum absolute atomic E-state index is 0.000191. The normalized spacial score (nSPS) is 14.8. The first-order chi connectivity index (χ1) is 10.3. The maximum absolute atomic E-state index is 12.0. The molecule has 0 radical (unpaired) electrons. The Morgan fingerprint density at radius 3 is 2.95 bits per heavy atom. The zero-order valence-electron chi connectivity index (χ0n) is 12.2. The van der Waals surface area contributed by atoms with Gasteiger partial charge in [0.1, 0.15) is 5.75 Å². The van der Waals surface area contributed by atoms with Crippen molar-refractivity contribution in [1.29, 1.82) is 0 Å². The molecular formula is C15H23N3O3. The van der Waals surface area contributed by atoms with Crippen LogP contribution in [-0.4, -0.2) is 56.8 Å². The maximum atomic E-state index is 12.0. The fourth-order valence-electron chi connectivity index (χ4n) is 2.08. The standard InChI is InChI=1S/C15H23N3O3/c16-5-2-6-17-13-3-1-4-14(11-13)21-12-15(19)18-7-9-20-10-8-18/h1,3-4,11,17H,2,5-10,12,16H2. The number of hydrogen-bond acceptors (Lipinski definition) is 5. The molecule has 2 rings (SSSR count). The highest BCUT2D eigenvalue weighted by Crippen LogP contribution is 2.17. The lowest BCUT2D eigenvalue weighted by molar-refractivity contribution is -0.137. The predicted molar refractivity (Wildman–Crippen MR) is 81.5 cm³/mol. The second-order valence-corrected chi connectivity index (χ2v) is 4.88. The second-order valence-electron chi connectivity index (χ2n) is 4.88. The molecule has 6 heteroatoms. The minimum atomic E-state index is -0.000191.